The summed E-state index contributed by atoms with van der Waals surface area (Å²) in [6.07, 6.45) is 0.727. The van der Waals surface area contributed by atoms with Gasteiger partial charge < -0.3 is 0 Å². The average molecular weight is 342 g/mol. The Hall–Kier alpha value is -0.860. The summed E-state index contributed by atoms with van der Waals surface area (Å²) in [7, 11) is 0. The molecule has 0 spiro atoms. The first-order valence-corrected chi connectivity index (χ1v) is 7.50. The molecule has 0 nitrogen and oxygen atoms in total. The highest BCUT2D eigenvalue weighted by atomic mass is 79.9. The first kappa shape index (κ1) is 14.5. The SMILES string of the molecule is Cc1cccc(C(CCl)Cc2cccc(F)c2Br)c1. The van der Waals surface area contributed by atoms with Gasteiger partial charge in [0.25, 0.3) is 0 Å². The molecule has 3 heteroatoms. The third-order valence-electron chi connectivity index (χ3n) is 3.20. The molecule has 1 atom stereocenters. The zero-order chi connectivity index (χ0) is 13.8. The third kappa shape index (κ3) is 3.58. The lowest BCUT2D eigenvalue weighted by Crippen LogP contribution is -2.06. The van der Waals surface area contributed by atoms with E-state index in [0.29, 0.717) is 10.4 Å². The van der Waals surface area contributed by atoms with Crippen LogP contribution in [-0.2, 0) is 6.42 Å². The van der Waals surface area contributed by atoms with E-state index in [1.165, 1.54) is 17.2 Å². The van der Waals surface area contributed by atoms with Gasteiger partial charge in [0.1, 0.15) is 5.82 Å². The molecule has 0 amide bonds. The molecule has 0 N–H and O–H groups in total. The number of alkyl halides is 1. The Labute approximate surface area is 126 Å². The molecular formula is C16H15BrClF. The Kier molecular flexibility index (Phi) is 5.00. The maximum Gasteiger partial charge on any atom is 0.137 e. The second kappa shape index (κ2) is 6.53. The minimum atomic E-state index is -0.227. The van der Waals surface area contributed by atoms with Gasteiger partial charge in [-0.1, -0.05) is 42.0 Å². The van der Waals surface area contributed by atoms with Crippen LogP contribution in [0.4, 0.5) is 4.39 Å². The van der Waals surface area contributed by atoms with Gasteiger partial charge >= 0.3 is 0 Å². The van der Waals surface area contributed by atoms with Gasteiger partial charge in [-0.3, -0.25) is 0 Å². The number of halogens is 3. The Morgan fingerprint density at radius 2 is 1.95 bits per heavy atom. The second-order valence-electron chi connectivity index (χ2n) is 4.68. The zero-order valence-corrected chi connectivity index (χ0v) is 13.0. The van der Waals surface area contributed by atoms with Crippen molar-refractivity contribution in [1.29, 1.82) is 0 Å². The highest BCUT2D eigenvalue weighted by Crippen LogP contribution is 2.28. The maximum atomic E-state index is 13.5. The van der Waals surface area contributed by atoms with Gasteiger partial charge in [0.15, 0.2) is 0 Å². The van der Waals surface area contributed by atoms with Crippen LogP contribution in [0, 0.1) is 12.7 Å². The van der Waals surface area contributed by atoms with Gasteiger partial charge in [0.05, 0.1) is 4.47 Å². The van der Waals surface area contributed by atoms with Gasteiger partial charge in [-0.2, -0.15) is 0 Å². The molecule has 19 heavy (non-hydrogen) atoms. The van der Waals surface area contributed by atoms with E-state index in [-0.39, 0.29) is 11.7 Å². The van der Waals surface area contributed by atoms with Crippen LogP contribution in [0.5, 0.6) is 0 Å². The molecule has 2 aromatic carbocycles. The van der Waals surface area contributed by atoms with Crippen LogP contribution in [0.25, 0.3) is 0 Å². The molecule has 0 heterocycles. The van der Waals surface area contributed by atoms with E-state index in [0.717, 1.165) is 12.0 Å². The Bertz CT molecular complexity index is 568. The van der Waals surface area contributed by atoms with Crippen LogP contribution < -0.4 is 0 Å². The summed E-state index contributed by atoms with van der Waals surface area (Å²) in [5.74, 6) is 0.488. The normalized spacial score (nSPS) is 12.4. The second-order valence-corrected chi connectivity index (χ2v) is 5.78. The van der Waals surface area contributed by atoms with Crippen LogP contribution in [0.2, 0.25) is 0 Å². The number of hydrogen-bond donors (Lipinski definition) is 0. The van der Waals surface area contributed by atoms with Gasteiger partial charge in [-0.25, -0.2) is 4.39 Å². The molecule has 0 radical (unpaired) electrons. The highest BCUT2D eigenvalue weighted by molar-refractivity contribution is 9.10. The van der Waals surface area contributed by atoms with Crippen molar-refractivity contribution in [3.05, 3.63) is 69.4 Å². The topological polar surface area (TPSA) is 0 Å². The molecule has 0 aliphatic carbocycles. The number of benzene rings is 2. The van der Waals surface area contributed by atoms with Gasteiger partial charge in [-0.05, 0) is 46.5 Å². The molecule has 2 aromatic rings. The molecule has 0 bridgehead atoms. The molecule has 0 aliphatic rings. The lowest BCUT2D eigenvalue weighted by Gasteiger charge is -2.16. The third-order valence-corrected chi connectivity index (χ3v) is 4.46. The molecule has 0 aromatic heterocycles. The highest BCUT2D eigenvalue weighted by Gasteiger charge is 2.14. The molecule has 0 aliphatic heterocycles. The van der Waals surface area contributed by atoms with Crippen molar-refractivity contribution in [2.24, 2.45) is 0 Å². The smallest absolute Gasteiger partial charge is 0.137 e. The van der Waals surface area contributed by atoms with Gasteiger partial charge in [-0.15, -0.1) is 11.6 Å². The Morgan fingerprint density at radius 3 is 2.63 bits per heavy atom. The lowest BCUT2D eigenvalue weighted by molar-refractivity contribution is 0.615. The minimum Gasteiger partial charge on any atom is -0.206 e. The zero-order valence-electron chi connectivity index (χ0n) is 10.7. The van der Waals surface area contributed by atoms with E-state index in [4.69, 9.17) is 11.6 Å². The summed E-state index contributed by atoms with van der Waals surface area (Å²) in [6.45, 7) is 2.06. The molecule has 100 valence electrons. The number of hydrogen-bond acceptors (Lipinski definition) is 0. The van der Waals surface area contributed by atoms with Crippen LogP contribution in [-0.4, -0.2) is 5.88 Å². The average Bonchev–Trinajstić information content (AvgIpc) is 2.40. The Morgan fingerprint density at radius 1 is 1.21 bits per heavy atom. The number of aryl methyl sites for hydroxylation is 1. The van der Waals surface area contributed by atoms with Crippen molar-refractivity contribution in [3.8, 4) is 0 Å². The summed E-state index contributed by atoms with van der Waals surface area (Å²) >= 11 is 9.39. The molecule has 0 saturated carbocycles. The molecule has 0 fully saturated rings. The van der Waals surface area contributed by atoms with E-state index in [2.05, 4.69) is 41.1 Å². The maximum absolute atomic E-state index is 13.5. The van der Waals surface area contributed by atoms with Crippen molar-refractivity contribution in [1.82, 2.24) is 0 Å². The Balaban J connectivity index is 2.26. The monoisotopic (exact) mass is 340 g/mol. The quantitative estimate of drug-likeness (QED) is 0.648. The van der Waals surface area contributed by atoms with E-state index in [1.807, 2.05) is 12.1 Å². The fourth-order valence-electron chi connectivity index (χ4n) is 2.16. The van der Waals surface area contributed by atoms with Gasteiger partial charge in [0.2, 0.25) is 0 Å². The van der Waals surface area contributed by atoms with Gasteiger partial charge in [0, 0.05) is 11.8 Å². The van der Waals surface area contributed by atoms with E-state index < -0.39 is 0 Å². The van der Waals surface area contributed by atoms with Crippen LogP contribution in [0.3, 0.4) is 0 Å². The van der Waals surface area contributed by atoms with E-state index in [1.54, 1.807) is 6.07 Å². The minimum absolute atomic E-state index is 0.194. The lowest BCUT2D eigenvalue weighted by atomic mass is 9.92. The van der Waals surface area contributed by atoms with E-state index >= 15 is 0 Å². The van der Waals surface area contributed by atoms with Crippen molar-refractivity contribution in [3.63, 3.8) is 0 Å². The summed E-state index contributed by atoms with van der Waals surface area (Å²) in [5.41, 5.74) is 3.37. The predicted octanol–water partition coefficient (Wildman–Crippen LogP) is 5.46. The van der Waals surface area contributed by atoms with Crippen LogP contribution in [0.1, 0.15) is 22.6 Å². The molecule has 0 saturated heterocycles. The first-order valence-electron chi connectivity index (χ1n) is 6.17. The van der Waals surface area contributed by atoms with Crippen molar-refractivity contribution >= 4 is 27.5 Å². The van der Waals surface area contributed by atoms with Crippen molar-refractivity contribution < 1.29 is 4.39 Å². The number of rotatable bonds is 4. The van der Waals surface area contributed by atoms with Crippen molar-refractivity contribution in [2.75, 3.05) is 5.88 Å². The summed E-state index contributed by atoms with van der Waals surface area (Å²) < 4.78 is 14.1. The van der Waals surface area contributed by atoms with Crippen LogP contribution in [0.15, 0.2) is 46.9 Å². The van der Waals surface area contributed by atoms with Crippen LogP contribution >= 0.6 is 27.5 Å². The summed E-state index contributed by atoms with van der Waals surface area (Å²) in [5, 5.41) is 0. The fourth-order valence-corrected chi connectivity index (χ4v) is 2.87. The molecular weight excluding hydrogens is 327 g/mol. The standard InChI is InChI=1S/C16H15BrClF/c1-11-4-2-5-12(8-11)14(10-18)9-13-6-3-7-15(19)16(13)17/h2-8,14H,9-10H2,1H3. The largest absolute Gasteiger partial charge is 0.206 e. The van der Waals surface area contributed by atoms with Crippen molar-refractivity contribution in [2.45, 2.75) is 19.3 Å². The fraction of sp³-hybridized carbons (Fsp3) is 0.250. The van der Waals surface area contributed by atoms with E-state index in [9.17, 15) is 4.39 Å². The first-order chi connectivity index (χ1) is 9.11. The summed E-state index contributed by atoms with van der Waals surface area (Å²) in [6, 6.07) is 13.4. The molecule has 1 unspecified atom stereocenters. The predicted molar refractivity (Wildman–Crippen MR) is 82.4 cm³/mol. The molecule has 2 rings (SSSR count). The summed E-state index contributed by atoms with van der Waals surface area (Å²) in [4.78, 5) is 0.